The van der Waals surface area contributed by atoms with Crippen LogP contribution in [0.5, 0.6) is 0 Å². The summed E-state index contributed by atoms with van der Waals surface area (Å²) in [6, 6.07) is 5.34. The van der Waals surface area contributed by atoms with Crippen molar-refractivity contribution in [2.45, 2.75) is 13.0 Å². The van der Waals surface area contributed by atoms with E-state index in [1.807, 2.05) is 19.1 Å². The number of anilines is 1. The number of morpholine rings is 1. The fraction of sp³-hybridized carbons (Fsp3) is 0.538. The van der Waals surface area contributed by atoms with E-state index in [1.165, 1.54) is 0 Å². The smallest absolute Gasteiger partial charge is 0.272 e. The minimum absolute atomic E-state index is 0.0748. The van der Waals surface area contributed by atoms with Gasteiger partial charge in [-0.2, -0.15) is 0 Å². The van der Waals surface area contributed by atoms with E-state index in [0.29, 0.717) is 31.2 Å². The first kappa shape index (κ1) is 13.8. The number of aliphatic hydroxyl groups is 1. The van der Waals surface area contributed by atoms with Crippen molar-refractivity contribution in [3.05, 3.63) is 23.9 Å². The minimum atomic E-state index is -0.297. The van der Waals surface area contributed by atoms with Gasteiger partial charge in [0.2, 0.25) is 0 Å². The average Bonchev–Trinajstić information content (AvgIpc) is 2.47. The Labute approximate surface area is 112 Å². The second-order valence-electron chi connectivity index (χ2n) is 4.36. The SMILES string of the molecule is CCNc1cccc(C(=O)N2CCOC(CO)C2)n1. The van der Waals surface area contributed by atoms with Crippen LogP contribution in [0.25, 0.3) is 0 Å². The summed E-state index contributed by atoms with van der Waals surface area (Å²) < 4.78 is 5.33. The van der Waals surface area contributed by atoms with Crippen LogP contribution in [0.4, 0.5) is 5.82 Å². The molecule has 2 rings (SSSR count). The number of amides is 1. The number of ether oxygens (including phenoxy) is 1. The van der Waals surface area contributed by atoms with E-state index >= 15 is 0 Å². The number of pyridine rings is 1. The van der Waals surface area contributed by atoms with Gasteiger partial charge in [0.25, 0.3) is 5.91 Å². The van der Waals surface area contributed by atoms with Crippen molar-refractivity contribution in [2.24, 2.45) is 0 Å². The Morgan fingerprint density at radius 1 is 1.63 bits per heavy atom. The number of aliphatic hydroxyl groups excluding tert-OH is 1. The molecule has 1 aromatic heterocycles. The molecule has 1 amide bonds. The van der Waals surface area contributed by atoms with Crippen LogP contribution in [0.2, 0.25) is 0 Å². The molecule has 0 saturated carbocycles. The zero-order valence-corrected chi connectivity index (χ0v) is 11.0. The van der Waals surface area contributed by atoms with Crippen LogP contribution in [-0.4, -0.2) is 59.8 Å². The predicted octanol–water partition coefficient (Wildman–Crippen LogP) is 0.347. The van der Waals surface area contributed by atoms with E-state index < -0.39 is 0 Å². The molecule has 0 spiro atoms. The number of hydrogen-bond acceptors (Lipinski definition) is 5. The normalized spacial score (nSPS) is 19.3. The van der Waals surface area contributed by atoms with Crippen LogP contribution in [0.3, 0.4) is 0 Å². The molecule has 1 aliphatic rings. The number of carbonyl (C=O) groups excluding carboxylic acids is 1. The van der Waals surface area contributed by atoms with Gasteiger partial charge in [-0.25, -0.2) is 4.98 Å². The molecule has 1 fully saturated rings. The highest BCUT2D eigenvalue weighted by molar-refractivity contribution is 5.92. The fourth-order valence-electron chi connectivity index (χ4n) is 2.01. The quantitative estimate of drug-likeness (QED) is 0.821. The molecule has 1 unspecified atom stereocenters. The lowest BCUT2D eigenvalue weighted by Gasteiger charge is -2.31. The highest BCUT2D eigenvalue weighted by Crippen LogP contribution is 2.11. The van der Waals surface area contributed by atoms with Gasteiger partial charge < -0.3 is 20.1 Å². The second kappa shape index (κ2) is 6.49. The Kier molecular flexibility index (Phi) is 4.70. The van der Waals surface area contributed by atoms with Crippen molar-refractivity contribution in [3.63, 3.8) is 0 Å². The predicted molar refractivity (Wildman–Crippen MR) is 71.1 cm³/mol. The molecule has 104 valence electrons. The molecule has 1 aromatic rings. The maximum absolute atomic E-state index is 12.3. The summed E-state index contributed by atoms with van der Waals surface area (Å²) in [5, 5.41) is 12.2. The van der Waals surface area contributed by atoms with E-state index in [2.05, 4.69) is 10.3 Å². The van der Waals surface area contributed by atoms with Gasteiger partial charge in [-0.3, -0.25) is 4.79 Å². The highest BCUT2D eigenvalue weighted by Gasteiger charge is 2.25. The third-order valence-electron chi connectivity index (χ3n) is 2.96. The van der Waals surface area contributed by atoms with Crippen LogP contribution in [-0.2, 0) is 4.74 Å². The van der Waals surface area contributed by atoms with Gasteiger partial charge in [0.1, 0.15) is 11.5 Å². The number of nitrogens with one attached hydrogen (secondary N) is 1. The van der Waals surface area contributed by atoms with E-state index in [4.69, 9.17) is 9.84 Å². The molecule has 6 nitrogen and oxygen atoms in total. The first-order chi connectivity index (χ1) is 9.24. The molecule has 0 bridgehead atoms. The van der Waals surface area contributed by atoms with E-state index in [-0.39, 0.29) is 18.6 Å². The molecule has 19 heavy (non-hydrogen) atoms. The zero-order valence-electron chi connectivity index (χ0n) is 11.0. The monoisotopic (exact) mass is 265 g/mol. The van der Waals surface area contributed by atoms with Crippen molar-refractivity contribution >= 4 is 11.7 Å². The summed E-state index contributed by atoms with van der Waals surface area (Å²) in [6.45, 7) is 4.04. The maximum Gasteiger partial charge on any atom is 0.272 e. The van der Waals surface area contributed by atoms with Gasteiger partial charge in [-0.1, -0.05) is 6.07 Å². The summed E-state index contributed by atoms with van der Waals surface area (Å²) in [7, 11) is 0. The van der Waals surface area contributed by atoms with Gasteiger partial charge in [0.15, 0.2) is 0 Å². The fourth-order valence-corrected chi connectivity index (χ4v) is 2.01. The lowest BCUT2D eigenvalue weighted by Crippen LogP contribution is -2.47. The van der Waals surface area contributed by atoms with Gasteiger partial charge in [-0.15, -0.1) is 0 Å². The second-order valence-corrected chi connectivity index (χ2v) is 4.36. The summed E-state index contributed by atoms with van der Waals surface area (Å²) in [6.07, 6.45) is -0.297. The van der Waals surface area contributed by atoms with Gasteiger partial charge >= 0.3 is 0 Å². The van der Waals surface area contributed by atoms with E-state index in [1.54, 1.807) is 11.0 Å². The average molecular weight is 265 g/mol. The molecule has 0 radical (unpaired) electrons. The molecule has 6 heteroatoms. The molecule has 1 atom stereocenters. The molecule has 1 saturated heterocycles. The topological polar surface area (TPSA) is 74.7 Å². The van der Waals surface area contributed by atoms with Crippen molar-refractivity contribution in [1.82, 2.24) is 9.88 Å². The third-order valence-corrected chi connectivity index (χ3v) is 2.96. The summed E-state index contributed by atoms with van der Waals surface area (Å²) in [4.78, 5) is 18.3. The van der Waals surface area contributed by atoms with Gasteiger partial charge in [0.05, 0.1) is 19.3 Å². The van der Waals surface area contributed by atoms with Crippen molar-refractivity contribution in [3.8, 4) is 0 Å². The Morgan fingerprint density at radius 3 is 3.21 bits per heavy atom. The number of aromatic nitrogens is 1. The number of rotatable bonds is 4. The van der Waals surface area contributed by atoms with Gasteiger partial charge in [0, 0.05) is 19.6 Å². The molecule has 0 aromatic carbocycles. The summed E-state index contributed by atoms with van der Waals surface area (Å²) in [5.41, 5.74) is 0.414. The Morgan fingerprint density at radius 2 is 2.47 bits per heavy atom. The summed E-state index contributed by atoms with van der Waals surface area (Å²) >= 11 is 0. The van der Waals surface area contributed by atoms with E-state index in [0.717, 1.165) is 6.54 Å². The Bertz CT molecular complexity index is 439. The van der Waals surface area contributed by atoms with Crippen molar-refractivity contribution in [1.29, 1.82) is 0 Å². The molecule has 0 aliphatic carbocycles. The van der Waals surface area contributed by atoms with E-state index in [9.17, 15) is 4.79 Å². The zero-order chi connectivity index (χ0) is 13.7. The first-order valence-electron chi connectivity index (χ1n) is 6.47. The lowest BCUT2D eigenvalue weighted by molar-refractivity contribution is -0.0448. The minimum Gasteiger partial charge on any atom is -0.394 e. The molecule has 1 aliphatic heterocycles. The maximum atomic E-state index is 12.3. The number of hydrogen-bond donors (Lipinski definition) is 2. The summed E-state index contributed by atoms with van der Waals surface area (Å²) in [5.74, 6) is 0.571. The Balaban J connectivity index is 2.08. The van der Waals surface area contributed by atoms with Crippen LogP contribution in [0, 0.1) is 0 Å². The van der Waals surface area contributed by atoms with Gasteiger partial charge in [-0.05, 0) is 19.1 Å². The van der Waals surface area contributed by atoms with Crippen molar-refractivity contribution in [2.75, 3.05) is 38.2 Å². The standard InChI is InChI=1S/C13H19N3O3/c1-2-14-12-5-3-4-11(15-12)13(18)16-6-7-19-10(8-16)9-17/h3-5,10,17H,2,6-9H2,1H3,(H,14,15). The molecule has 2 heterocycles. The van der Waals surface area contributed by atoms with Crippen LogP contribution in [0.1, 0.15) is 17.4 Å². The molecular formula is C13H19N3O3. The largest absolute Gasteiger partial charge is 0.394 e. The number of carbonyl (C=O) groups is 1. The first-order valence-corrected chi connectivity index (χ1v) is 6.47. The van der Waals surface area contributed by atoms with Crippen molar-refractivity contribution < 1.29 is 14.6 Å². The third kappa shape index (κ3) is 3.42. The number of nitrogens with zero attached hydrogens (tertiary/aromatic N) is 2. The molecular weight excluding hydrogens is 246 g/mol. The highest BCUT2D eigenvalue weighted by atomic mass is 16.5. The molecule has 2 N–H and O–H groups in total. The van der Waals surface area contributed by atoms with Crippen LogP contribution in [0.15, 0.2) is 18.2 Å². The van der Waals surface area contributed by atoms with Crippen LogP contribution < -0.4 is 5.32 Å². The lowest BCUT2D eigenvalue weighted by atomic mass is 10.2. The Hall–Kier alpha value is -1.66. The van der Waals surface area contributed by atoms with Crippen LogP contribution >= 0.6 is 0 Å².